The summed E-state index contributed by atoms with van der Waals surface area (Å²) in [7, 11) is 0. The van der Waals surface area contributed by atoms with E-state index >= 15 is 0 Å². The highest BCUT2D eigenvalue weighted by molar-refractivity contribution is 5.84. The Kier molecular flexibility index (Phi) is 5.99. The van der Waals surface area contributed by atoms with Gasteiger partial charge in [0.2, 0.25) is 5.91 Å². The van der Waals surface area contributed by atoms with Gasteiger partial charge >= 0.3 is 5.97 Å². The molecule has 1 aromatic rings. The summed E-state index contributed by atoms with van der Waals surface area (Å²) in [6, 6.07) is 2.87. The minimum absolute atomic E-state index is 0.114. The Morgan fingerprint density at radius 2 is 2.21 bits per heavy atom. The molecule has 0 aromatic carbocycles. The number of nitrogens with one attached hydrogen (secondary N) is 1. The van der Waals surface area contributed by atoms with Crippen LogP contribution in [-0.2, 0) is 16.0 Å². The van der Waals surface area contributed by atoms with E-state index in [0.717, 1.165) is 18.4 Å². The number of hydrogen-bond acceptors (Lipinski definition) is 3. The molecule has 0 spiro atoms. The number of aliphatic carboxylic acids is 1. The number of carboxylic acids is 1. The lowest BCUT2D eigenvalue weighted by Gasteiger charge is -2.14. The van der Waals surface area contributed by atoms with Crippen LogP contribution in [0.3, 0.4) is 0 Å². The third kappa shape index (κ3) is 5.07. The molecule has 5 heteroatoms. The molecular weight excluding hydrogens is 244 g/mol. The van der Waals surface area contributed by atoms with Crippen molar-refractivity contribution in [2.45, 2.75) is 45.6 Å². The lowest BCUT2D eigenvalue weighted by Crippen LogP contribution is -2.41. The van der Waals surface area contributed by atoms with Crippen LogP contribution in [0.5, 0.6) is 0 Å². The van der Waals surface area contributed by atoms with Crippen molar-refractivity contribution in [3.05, 3.63) is 29.6 Å². The topological polar surface area (TPSA) is 79.3 Å². The highest BCUT2D eigenvalue weighted by Gasteiger charge is 2.19. The molecule has 19 heavy (non-hydrogen) atoms. The van der Waals surface area contributed by atoms with Crippen LogP contribution in [-0.4, -0.2) is 28.0 Å². The molecule has 0 radical (unpaired) electrons. The first-order chi connectivity index (χ1) is 9.04. The van der Waals surface area contributed by atoms with Crippen LogP contribution >= 0.6 is 0 Å². The Labute approximate surface area is 113 Å². The minimum Gasteiger partial charge on any atom is -0.480 e. The molecule has 0 bridgehead atoms. The van der Waals surface area contributed by atoms with E-state index in [1.54, 1.807) is 12.3 Å². The van der Waals surface area contributed by atoms with Crippen molar-refractivity contribution < 1.29 is 14.7 Å². The highest BCUT2D eigenvalue weighted by Crippen LogP contribution is 2.05. The van der Waals surface area contributed by atoms with Crippen molar-refractivity contribution in [2.24, 2.45) is 0 Å². The maximum absolute atomic E-state index is 11.8. The molecule has 1 unspecified atom stereocenters. The molecule has 0 saturated heterocycles. The Morgan fingerprint density at radius 1 is 1.47 bits per heavy atom. The van der Waals surface area contributed by atoms with Crippen molar-refractivity contribution in [1.82, 2.24) is 10.3 Å². The number of unbranched alkanes of at least 4 members (excludes halogenated alkanes) is 1. The van der Waals surface area contributed by atoms with Gasteiger partial charge in [0.15, 0.2) is 0 Å². The van der Waals surface area contributed by atoms with Crippen LogP contribution in [0, 0.1) is 6.92 Å². The third-order valence-electron chi connectivity index (χ3n) is 2.93. The van der Waals surface area contributed by atoms with Gasteiger partial charge in [0.25, 0.3) is 0 Å². The number of carboxylic acid groups (broad SMARTS) is 1. The van der Waals surface area contributed by atoms with Gasteiger partial charge in [-0.05, 0) is 25.0 Å². The van der Waals surface area contributed by atoms with Gasteiger partial charge in [0.05, 0.1) is 12.1 Å². The van der Waals surface area contributed by atoms with Gasteiger partial charge in [-0.1, -0.05) is 25.8 Å². The summed E-state index contributed by atoms with van der Waals surface area (Å²) in [5, 5.41) is 11.6. The van der Waals surface area contributed by atoms with Gasteiger partial charge in [-0.3, -0.25) is 9.78 Å². The van der Waals surface area contributed by atoms with Gasteiger partial charge in [-0.25, -0.2) is 4.79 Å². The largest absolute Gasteiger partial charge is 0.480 e. The Balaban J connectivity index is 2.58. The summed E-state index contributed by atoms with van der Waals surface area (Å²) in [6.45, 7) is 3.86. The van der Waals surface area contributed by atoms with E-state index in [0.29, 0.717) is 12.1 Å². The van der Waals surface area contributed by atoms with Crippen LogP contribution in [0.15, 0.2) is 18.3 Å². The lowest BCUT2D eigenvalue weighted by molar-refractivity contribution is -0.142. The van der Waals surface area contributed by atoms with Crippen LogP contribution in [0.4, 0.5) is 0 Å². The SMILES string of the molecule is CCCCC(NC(=O)Cc1ncccc1C)C(=O)O. The molecule has 1 amide bonds. The van der Waals surface area contributed by atoms with Gasteiger partial charge in [0.1, 0.15) is 6.04 Å². The molecule has 0 aliphatic carbocycles. The molecule has 0 aliphatic rings. The third-order valence-corrected chi connectivity index (χ3v) is 2.93. The smallest absolute Gasteiger partial charge is 0.326 e. The fraction of sp³-hybridized carbons (Fsp3) is 0.500. The van der Waals surface area contributed by atoms with Crippen LogP contribution in [0.2, 0.25) is 0 Å². The van der Waals surface area contributed by atoms with E-state index < -0.39 is 12.0 Å². The minimum atomic E-state index is -0.987. The summed E-state index contributed by atoms with van der Waals surface area (Å²) < 4.78 is 0. The molecule has 2 N–H and O–H groups in total. The van der Waals surface area contributed by atoms with Crippen molar-refractivity contribution in [3.8, 4) is 0 Å². The number of aromatic nitrogens is 1. The average molecular weight is 264 g/mol. The lowest BCUT2D eigenvalue weighted by atomic mass is 10.1. The fourth-order valence-corrected chi connectivity index (χ4v) is 1.77. The van der Waals surface area contributed by atoms with Crippen LogP contribution in [0.1, 0.15) is 37.4 Å². The first-order valence-electron chi connectivity index (χ1n) is 6.47. The van der Waals surface area contributed by atoms with Gasteiger partial charge in [-0.2, -0.15) is 0 Å². The number of carbonyl (C=O) groups is 2. The van der Waals surface area contributed by atoms with E-state index in [1.165, 1.54) is 0 Å². The molecule has 5 nitrogen and oxygen atoms in total. The number of aryl methyl sites for hydroxylation is 1. The number of rotatable bonds is 7. The van der Waals surface area contributed by atoms with E-state index in [9.17, 15) is 9.59 Å². The number of amides is 1. The highest BCUT2D eigenvalue weighted by atomic mass is 16.4. The van der Waals surface area contributed by atoms with E-state index in [-0.39, 0.29) is 12.3 Å². The molecule has 1 heterocycles. The standard InChI is InChI=1S/C14H20N2O3/c1-3-4-7-11(14(18)19)16-13(17)9-12-10(2)6-5-8-15-12/h5-6,8,11H,3-4,7,9H2,1-2H3,(H,16,17)(H,18,19). The Hall–Kier alpha value is -1.91. The van der Waals surface area contributed by atoms with Crippen molar-refractivity contribution in [1.29, 1.82) is 0 Å². The average Bonchev–Trinajstić information content (AvgIpc) is 2.37. The zero-order chi connectivity index (χ0) is 14.3. The predicted molar refractivity (Wildman–Crippen MR) is 71.8 cm³/mol. The molecule has 1 rings (SSSR count). The summed E-state index contributed by atoms with van der Waals surface area (Å²) in [4.78, 5) is 27.0. The first-order valence-corrected chi connectivity index (χ1v) is 6.47. The molecular formula is C14H20N2O3. The van der Waals surface area contributed by atoms with Crippen molar-refractivity contribution in [2.75, 3.05) is 0 Å². The number of hydrogen-bond donors (Lipinski definition) is 2. The van der Waals surface area contributed by atoms with Crippen molar-refractivity contribution in [3.63, 3.8) is 0 Å². The van der Waals surface area contributed by atoms with Gasteiger partial charge in [-0.15, -0.1) is 0 Å². The molecule has 0 aliphatic heterocycles. The second-order valence-electron chi connectivity index (χ2n) is 4.54. The predicted octanol–water partition coefficient (Wildman–Crippen LogP) is 1.69. The number of nitrogens with zero attached hydrogens (tertiary/aromatic N) is 1. The molecule has 1 atom stereocenters. The zero-order valence-electron chi connectivity index (χ0n) is 11.3. The summed E-state index contributed by atoms with van der Waals surface area (Å²) >= 11 is 0. The number of pyridine rings is 1. The van der Waals surface area contributed by atoms with Crippen molar-refractivity contribution >= 4 is 11.9 Å². The second-order valence-corrected chi connectivity index (χ2v) is 4.54. The molecule has 0 saturated carbocycles. The quantitative estimate of drug-likeness (QED) is 0.785. The van der Waals surface area contributed by atoms with E-state index in [2.05, 4.69) is 10.3 Å². The fourth-order valence-electron chi connectivity index (χ4n) is 1.77. The van der Waals surface area contributed by atoms with E-state index in [4.69, 9.17) is 5.11 Å². The maximum atomic E-state index is 11.8. The van der Waals surface area contributed by atoms with Gasteiger partial charge < -0.3 is 10.4 Å². The van der Waals surface area contributed by atoms with Crippen LogP contribution < -0.4 is 5.32 Å². The monoisotopic (exact) mass is 264 g/mol. The molecule has 1 aromatic heterocycles. The van der Waals surface area contributed by atoms with E-state index in [1.807, 2.05) is 19.9 Å². The summed E-state index contributed by atoms with van der Waals surface area (Å²) in [5.74, 6) is -1.29. The Bertz CT molecular complexity index is 446. The maximum Gasteiger partial charge on any atom is 0.326 e. The zero-order valence-corrected chi connectivity index (χ0v) is 11.3. The first kappa shape index (κ1) is 15.1. The van der Waals surface area contributed by atoms with Crippen LogP contribution in [0.25, 0.3) is 0 Å². The molecule has 104 valence electrons. The molecule has 0 fully saturated rings. The summed E-state index contributed by atoms with van der Waals surface area (Å²) in [5.41, 5.74) is 1.61. The number of carbonyl (C=O) groups excluding carboxylic acids is 1. The summed E-state index contributed by atoms with van der Waals surface area (Å²) in [6.07, 6.45) is 3.88. The normalized spacial score (nSPS) is 11.9. The van der Waals surface area contributed by atoms with Gasteiger partial charge in [0, 0.05) is 6.20 Å². The Morgan fingerprint density at radius 3 is 2.79 bits per heavy atom. The second kappa shape index (κ2) is 7.51.